The lowest BCUT2D eigenvalue weighted by Crippen LogP contribution is -2.43. The van der Waals surface area contributed by atoms with Gasteiger partial charge in [-0.15, -0.1) is 6.58 Å². The standard InChI is InChI=1S/C20H29NS/c1-7-19(4,5)18-14-17(9-8-15(18)2)16(3)21-20(6)10-12-22-13-11-20/h7-9,14,21H,1,3,10-13H2,2,4-6H3. The van der Waals surface area contributed by atoms with Crippen molar-refractivity contribution in [2.75, 3.05) is 11.5 Å². The van der Waals surface area contributed by atoms with Crippen molar-refractivity contribution in [3.8, 4) is 0 Å². The maximum Gasteiger partial charge on any atom is 0.0361 e. The average molecular weight is 316 g/mol. The highest BCUT2D eigenvalue weighted by molar-refractivity contribution is 7.99. The Morgan fingerprint density at radius 2 is 1.95 bits per heavy atom. The predicted octanol–water partition coefficient (Wildman–Crippen LogP) is 5.30. The highest BCUT2D eigenvalue weighted by Gasteiger charge is 2.27. The van der Waals surface area contributed by atoms with Gasteiger partial charge in [-0.2, -0.15) is 11.8 Å². The molecule has 1 aromatic rings. The molecule has 2 rings (SSSR count). The monoisotopic (exact) mass is 315 g/mol. The third-order valence-electron chi connectivity index (χ3n) is 4.84. The Morgan fingerprint density at radius 3 is 2.55 bits per heavy atom. The molecule has 0 atom stereocenters. The summed E-state index contributed by atoms with van der Waals surface area (Å²) < 4.78 is 0. The number of aryl methyl sites for hydroxylation is 1. The van der Waals surface area contributed by atoms with Gasteiger partial charge in [-0.3, -0.25) is 0 Å². The van der Waals surface area contributed by atoms with Crippen LogP contribution in [0, 0.1) is 6.92 Å². The number of hydrogen-bond acceptors (Lipinski definition) is 2. The summed E-state index contributed by atoms with van der Waals surface area (Å²) in [5, 5.41) is 3.69. The Labute approximate surface area is 140 Å². The SMILES string of the molecule is C=CC(C)(C)c1cc(C(=C)NC2(C)CCSCC2)ccc1C. The number of hydrogen-bond donors (Lipinski definition) is 1. The van der Waals surface area contributed by atoms with Crippen molar-refractivity contribution in [2.45, 2.75) is 51.5 Å². The normalized spacial score (nSPS) is 17.8. The zero-order chi connectivity index (χ0) is 16.4. The highest BCUT2D eigenvalue weighted by Crippen LogP contribution is 2.32. The van der Waals surface area contributed by atoms with Crippen LogP contribution < -0.4 is 5.32 Å². The lowest BCUT2D eigenvalue weighted by Gasteiger charge is -2.36. The number of nitrogens with one attached hydrogen (secondary N) is 1. The van der Waals surface area contributed by atoms with Gasteiger partial charge >= 0.3 is 0 Å². The van der Waals surface area contributed by atoms with Crippen molar-refractivity contribution >= 4 is 17.5 Å². The van der Waals surface area contributed by atoms with Crippen molar-refractivity contribution in [2.24, 2.45) is 0 Å². The highest BCUT2D eigenvalue weighted by atomic mass is 32.2. The van der Waals surface area contributed by atoms with Gasteiger partial charge in [-0.1, -0.05) is 38.6 Å². The van der Waals surface area contributed by atoms with Gasteiger partial charge in [0.2, 0.25) is 0 Å². The van der Waals surface area contributed by atoms with Crippen LogP contribution in [0.5, 0.6) is 0 Å². The molecule has 0 bridgehead atoms. The van der Waals surface area contributed by atoms with Gasteiger partial charge in [0.1, 0.15) is 0 Å². The van der Waals surface area contributed by atoms with E-state index in [0.717, 1.165) is 5.70 Å². The molecular formula is C20H29NS. The number of rotatable bonds is 5. The van der Waals surface area contributed by atoms with Crippen molar-refractivity contribution in [3.63, 3.8) is 0 Å². The van der Waals surface area contributed by atoms with Crippen LogP contribution in [-0.2, 0) is 5.41 Å². The van der Waals surface area contributed by atoms with E-state index >= 15 is 0 Å². The van der Waals surface area contributed by atoms with Gasteiger partial charge in [0.05, 0.1) is 0 Å². The summed E-state index contributed by atoms with van der Waals surface area (Å²) in [6, 6.07) is 6.64. The van der Waals surface area contributed by atoms with E-state index in [1.165, 1.54) is 41.0 Å². The molecular weight excluding hydrogens is 286 g/mol. The van der Waals surface area contributed by atoms with E-state index < -0.39 is 0 Å². The fourth-order valence-corrected chi connectivity index (χ4v) is 4.39. The molecule has 0 aromatic heterocycles. The van der Waals surface area contributed by atoms with Crippen LogP contribution in [-0.4, -0.2) is 17.0 Å². The first-order valence-electron chi connectivity index (χ1n) is 8.07. The van der Waals surface area contributed by atoms with E-state index in [2.05, 4.69) is 76.1 Å². The van der Waals surface area contributed by atoms with Gasteiger partial charge in [-0.05, 0) is 61.0 Å². The number of allylic oxidation sites excluding steroid dienone is 1. The molecule has 1 heterocycles. The molecule has 1 N–H and O–H groups in total. The van der Waals surface area contributed by atoms with E-state index in [1.807, 2.05) is 6.08 Å². The van der Waals surface area contributed by atoms with E-state index in [-0.39, 0.29) is 11.0 Å². The Kier molecular flexibility index (Phi) is 5.11. The molecule has 0 amide bonds. The molecule has 1 aliphatic rings. The summed E-state index contributed by atoms with van der Waals surface area (Å²) >= 11 is 2.05. The Morgan fingerprint density at radius 1 is 1.32 bits per heavy atom. The molecule has 2 heteroatoms. The van der Waals surface area contributed by atoms with E-state index in [1.54, 1.807) is 0 Å². The maximum atomic E-state index is 4.30. The maximum absolute atomic E-state index is 4.30. The Bertz CT molecular complexity index is 565. The molecule has 1 aliphatic heterocycles. The van der Waals surface area contributed by atoms with Crippen LogP contribution in [0.1, 0.15) is 50.3 Å². The van der Waals surface area contributed by atoms with Gasteiger partial charge in [0.15, 0.2) is 0 Å². The van der Waals surface area contributed by atoms with E-state index in [0.29, 0.717) is 0 Å². The molecule has 22 heavy (non-hydrogen) atoms. The second-order valence-electron chi connectivity index (χ2n) is 7.23. The lowest BCUT2D eigenvalue weighted by atomic mass is 9.81. The van der Waals surface area contributed by atoms with Crippen LogP contribution in [0.4, 0.5) is 0 Å². The zero-order valence-corrected chi connectivity index (χ0v) is 15.3. The van der Waals surface area contributed by atoms with Gasteiger partial charge in [0, 0.05) is 16.7 Å². The molecule has 0 unspecified atom stereocenters. The first kappa shape index (κ1) is 17.2. The summed E-state index contributed by atoms with van der Waals surface area (Å²) in [6.07, 6.45) is 4.43. The zero-order valence-electron chi connectivity index (χ0n) is 14.5. The summed E-state index contributed by atoms with van der Waals surface area (Å²) in [5.41, 5.74) is 5.02. The number of benzene rings is 1. The Hall–Kier alpha value is -1.15. The molecule has 0 radical (unpaired) electrons. The Balaban J connectivity index is 2.23. The summed E-state index contributed by atoms with van der Waals surface area (Å²) in [4.78, 5) is 0. The summed E-state index contributed by atoms with van der Waals surface area (Å²) in [5.74, 6) is 2.47. The molecule has 1 saturated heterocycles. The van der Waals surface area contributed by atoms with Crippen molar-refractivity contribution < 1.29 is 0 Å². The molecule has 0 spiro atoms. The first-order valence-corrected chi connectivity index (χ1v) is 9.23. The minimum absolute atomic E-state index is 0.0221. The van der Waals surface area contributed by atoms with Crippen molar-refractivity contribution in [1.29, 1.82) is 0 Å². The third kappa shape index (κ3) is 3.78. The van der Waals surface area contributed by atoms with Crippen LogP contribution in [0.15, 0.2) is 37.4 Å². The topological polar surface area (TPSA) is 12.0 Å². The van der Waals surface area contributed by atoms with Crippen LogP contribution in [0.25, 0.3) is 5.70 Å². The summed E-state index contributed by atoms with van der Waals surface area (Å²) in [6.45, 7) is 17.2. The third-order valence-corrected chi connectivity index (χ3v) is 5.83. The predicted molar refractivity (Wildman–Crippen MR) is 102 cm³/mol. The van der Waals surface area contributed by atoms with E-state index in [9.17, 15) is 0 Å². The first-order chi connectivity index (χ1) is 10.3. The fourth-order valence-electron chi connectivity index (χ4n) is 3.00. The van der Waals surface area contributed by atoms with Gasteiger partial charge in [0.25, 0.3) is 0 Å². The van der Waals surface area contributed by atoms with Gasteiger partial charge in [-0.25, -0.2) is 0 Å². The number of thioether (sulfide) groups is 1. The smallest absolute Gasteiger partial charge is 0.0361 e. The second kappa shape index (κ2) is 6.54. The van der Waals surface area contributed by atoms with Crippen LogP contribution in [0.3, 0.4) is 0 Å². The van der Waals surface area contributed by atoms with Gasteiger partial charge < -0.3 is 5.32 Å². The molecule has 0 aliphatic carbocycles. The molecule has 0 saturated carbocycles. The molecule has 120 valence electrons. The quantitative estimate of drug-likeness (QED) is 0.740. The average Bonchev–Trinajstić information content (AvgIpc) is 2.47. The second-order valence-corrected chi connectivity index (χ2v) is 8.46. The van der Waals surface area contributed by atoms with Crippen LogP contribution >= 0.6 is 11.8 Å². The largest absolute Gasteiger partial charge is 0.380 e. The molecule has 1 nitrogen and oxygen atoms in total. The van der Waals surface area contributed by atoms with Crippen molar-refractivity contribution in [1.82, 2.24) is 5.32 Å². The van der Waals surface area contributed by atoms with E-state index in [4.69, 9.17) is 0 Å². The fraction of sp³-hybridized carbons (Fsp3) is 0.500. The lowest BCUT2D eigenvalue weighted by molar-refractivity contribution is 0.380. The minimum atomic E-state index is -0.0221. The summed E-state index contributed by atoms with van der Waals surface area (Å²) in [7, 11) is 0. The molecule has 1 fully saturated rings. The molecule has 1 aromatic carbocycles. The van der Waals surface area contributed by atoms with Crippen LogP contribution in [0.2, 0.25) is 0 Å². The minimum Gasteiger partial charge on any atom is -0.380 e. The van der Waals surface area contributed by atoms with Crippen molar-refractivity contribution in [3.05, 3.63) is 54.1 Å².